The summed E-state index contributed by atoms with van der Waals surface area (Å²) in [5, 5.41) is 198. The van der Waals surface area contributed by atoms with Crippen molar-refractivity contribution >= 4 is 126 Å². The summed E-state index contributed by atoms with van der Waals surface area (Å²) >= 11 is 0. The van der Waals surface area contributed by atoms with Crippen LogP contribution in [0.25, 0.3) is 0 Å². The molecule has 0 spiro atoms. The zero-order valence-corrected chi connectivity index (χ0v) is 44.9. The highest BCUT2D eigenvalue weighted by Crippen LogP contribution is 1.42. The molecule has 528 valence electrons. The van der Waals surface area contributed by atoms with Crippen molar-refractivity contribution < 1.29 is 108 Å². The Bertz CT molecular complexity index is 1020. The van der Waals surface area contributed by atoms with Gasteiger partial charge >= 0.3 is 36.6 Å². The molecule has 0 aromatic heterocycles. The average Bonchev–Trinajstić information content (AvgIpc) is 2.99. The third-order valence-corrected chi connectivity index (χ3v) is 0. The van der Waals surface area contributed by atoms with Crippen LogP contribution >= 0.6 is 0 Å². The molecule has 0 atom stereocenters. The molecule has 66 nitrogen and oxygen atoms in total. The lowest BCUT2D eigenvalue weighted by atomic mass is 10.3. The van der Waals surface area contributed by atoms with Gasteiger partial charge in [-0.25, -0.2) is 0 Å². The molecule has 0 amide bonds. The molecule has 0 bridgehead atoms. The SMILES string of the molecule is N=C(N)N.N=C(N)N.N=C(N)N.N=C(N)N.N=C(N)N.N=C(N)N.N=C(N)N.N=C(N)N.N=C(N)N.N=C(N)N.N=C(N)N.N=C(N)N.N=C(N)N.N=C(N)N.N=C(N)N.O.O.O.O.O.O.OB(O)O.OB(O)O.OB(O)O.OB(O)O.OB(O)O. The van der Waals surface area contributed by atoms with E-state index in [0.29, 0.717) is 0 Å². The molecule has 0 aromatic rings. The summed E-state index contributed by atoms with van der Waals surface area (Å²) in [6.45, 7) is 0. The highest BCUT2D eigenvalue weighted by Gasteiger charge is 1.94. The largest absolute Gasteiger partial charge is 0.631 e. The van der Waals surface area contributed by atoms with Crippen LogP contribution in [0.15, 0.2) is 0 Å². The van der Waals surface area contributed by atoms with E-state index < -0.39 is 36.6 Å². The highest BCUT2D eigenvalue weighted by molar-refractivity contribution is 6.31. The van der Waals surface area contributed by atoms with E-state index in [2.05, 4.69) is 172 Å². The third kappa shape index (κ3) is 2820. The molecule has 0 aliphatic carbocycles. The molecule has 0 saturated carbocycles. The van der Waals surface area contributed by atoms with Gasteiger partial charge in [-0.1, -0.05) is 0 Å². The van der Waals surface area contributed by atoms with E-state index in [1.165, 1.54) is 0 Å². The minimum Gasteiger partial charge on any atom is -0.412 e. The van der Waals surface area contributed by atoms with Crippen molar-refractivity contribution in [2.75, 3.05) is 0 Å². The molecule has 0 unspecified atom stereocenters. The first-order chi connectivity index (χ1) is 34.6. The summed E-state index contributed by atoms with van der Waals surface area (Å²) in [5.74, 6) is -5.00. The number of nitrogens with one attached hydrogen (secondary N) is 15. The molecular weight excluding hydrogens is 1200 g/mol. The smallest absolute Gasteiger partial charge is 0.412 e. The van der Waals surface area contributed by atoms with E-state index in [1.54, 1.807) is 0 Å². The van der Waals surface area contributed by atoms with Crippen molar-refractivity contribution in [1.82, 2.24) is 0 Å². The van der Waals surface area contributed by atoms with Gasteiger partial charge in [0, 0.05) is 0 Å². The molecule has 102 N–H and O–H groups in total. The first-order valence-electron chi connectivity index (χ1n) is 16.3. The maximum atomic E-state index is 7.17. The van der Waals surface area contributed by atoms with Crippen molar-refractivity contribution in [3.05, 3.63) is 0 Å². The molecule has 86 heavy (non-hydrogen) atoms. The normalized spacial score (nSPS) is 5.76. The summed E-state index contributed by atoms with van der Waals surface area (Å²) in [4.78, 5) is 0. The molecule has 71 heteroatoms. The summed E-state index contributed by atoms with van der Waals surface area (Å²) in [6, 6.07) is 0. The second-order valence-corrected chi connectivity index (χ2v) is 8.56. The minimum absolute atomic E-state index is 0. The van der Waals surface area contributed by atoms with Gasteiger partial charge in [-0.3, -0.25) is 81.1 Å². The van der Waals surface area contributed by atoms with Crippen LogP contribution in [0.2, 0.25) is 0 Å². The van der Waals surface area contributed by atoms with Crippen LogP contribution in [0.4, 0.5) is 0 Å². The topological polar surface area (TPSA) is 1630 Å². The van der Waals surface area contributed by atoms with Gasteiger partial charge in [0.15, 0.2) is 89.4 Å². The Morgan fingerprint density at radius 3 is 0.128 bits per heavy atom. The first kappa shape index (κ1) is 171. The van der Waals surface area contributed by atoms with Crippen LogP contribution in [-0.4, -0.2) is 234 Å². The van der Waals surface area contributed by atoms with Crippen LogP contribution in [0, 0.1) is 81.1 Å². The van der Waals surface area contributed by atoms with Gasteiger partial charge in [0.25, 0.3) is 0 Å². The Balaban J connectivity index is -0.0000000183. The van der Waals surface area contributed by atoms with Crippen LogP contribution < -0.4 is 172 Å². The fraction of sp³-hybridized carbons (Fsp3) is 0. The second-order valence-electron chi connectivity index (χ2n) is 8.56. The van der Waals surface area contributed by atoms with Crippen molar-refractivity contribution in [3.63, 3.8) is 0 Å². The Morgan fingerprint density at radius 1 is 0.128 bits per heavy atom. The van der Waals surface area contributed by atoms with Gasteiger partial charge in [-0.05, 0) is 0 Å². The highest BCUT2D eigenvalue weighted by atomic mass is 16.5. The summed E-state index contributed by atoms with van der Waals surface area (Å²) in [6.07, 6.45) is 0. The van der Waals surface area contributed by atoms with E-state index in [9.17, 15) is 0 Å². The summed E-state index contributed by atoms with van der Waals surface area (Å²) in [5.41, 5.74) is 134. The van der Waals surface area contributed by atoms with Crippen molar-refractivity contribution in [3.8, 4) is 0 Å². The Morgan fingerprint density at radius 2 is 0.128 bits per heavy atom. The quantitative estimate of drug-likeness (QED) is 0.0608. The summed E-state index contributed by atoms with van der Waals surface area (Å²) in [7, 11) is -10.8. The monoisotopic (exact) mass is 1300 g/mol. The first-order valence-corrected chi connectivity index (χ1v) is 16.3. The van der Waals surface area contributed by atoms with Crippen molar-refractivity contribution in [1.29, 1.82) is 81.1 Å². The van der Waals surface area contributed by atoms with Crippen LogP contribution in [-0.2, 0) is 0 Å². The van der Waals surface area contributed by atoms with Gasteiger partial charge in [-0.2, -0.15) is 0 Å². The zero-order valence-electron chi connectivity index (χ0n) is 44.9. The van der Waals surface area contributed by atoms with Crippen molar-refractivity contribution in [2.24, 2.45) is 172 Å². The van der Waals surface area contributed by atoms with Gasteiger partial charge in [0.2, 0.25) is 0 Å². The van der Waals surface area contributed by atoms with Gasteiger partial charge < -0.3 is 280 Å². The molecule has 0 rings (SSSR count). The molecule has 0 saturated heterocycles. The maximum Gasteiger partial charge on any atom is 0.631 e. The molecular formula is C15H102B5N45O21. The molecule has 0 heterocycles. The average molecular weight is 1300 g/mol. The molecule has 0 radical (unpaired) electrons. The number of guanidine groups is 15. The van der Waals surface area contributed by atoms with Crippen LogP contribution in [0.5, 0.6) is 0 Å². The second kappa shape index (κ2) is 164. The van der Waals surface area contributed by atoms with E-state index in [4.69, 9.17) is 156 Å². The predicted octanol–water partition coefficient (Wildman–Crippen LogP) is -32.6. The number of hydrogen-bond acceptors (Lipinski definition) is 30. The van der Waals surface area contributed by atoms with Gasteiger partial charge in [0.1, 0.15) is 0 Å². The zero-order chi connectivity index (χ0) is 71.5. The predicted molar refractivity (Wildman–Crippen MR) is 325 cm³/mol. The number of hydrogen-bond donors (Lipinski definition) is 60. The lowest BCUT2D eigenvalue weighted by Crippen LogP contribution is -2.20. The van der Waals surface area contributed by atoms with Crippen LogP contribution in [0.1, 0.15) is 0 Å². The van der Waals surface area contributed by atoms with E-state index in [1.807, 2.05) is 0 Å². The van der Waals surface area contributed by atoms with E-state index in [0.717, 1.165) is 0 Å². The van der Waals surface area contributed by atoms with E-state index >= 15 is 0 Å². The standard InChI is InChI=1S/15CH5N3.5BH3O3.6H2O/c20*2-1(3)4;;;;;;/h15*(H5,2,3,4);5*2-4H;6*1H2. The van der Waals surface area contributed by atoms with E-state index in [-0.39, 0.29) is 122 Å². The lowest BCUT2D eigenvalue weighted by Gasteiger charge is -1.69. The molecule has 0 fully saturated rings. The molecule has 0 aliphatic heterocycles. The third-order valence-electron chi connectivity index (χ3n) is 0. The van der Waals surface area contributed by atoms with Crippen molar-refractivity contribution in [2.45, 2.75) is 0 Å². The Kier molecular flexibility index (Phi) is 327. The molecule has 0 aromatic carbocycles. The maximum absolute atomic E-state index is 7.17. The number of rotatable bonds is 0. The minimum atomic E-state index is -2.17. The van der Waals surface area contributed by atoms with Gasteiger partial charge in [-0.15, -0.1) is 0 Å². The van der Waals surface area contributed by atoms with Gasteiger partial charge in [0.05, 0.1) is 0 Å². The molecule has 0 aliphatic rings. The summed E-state index contributed by atoms with van der Waals surface area (Å²) < 4.78 is 0. The fourth-order valence-corrected chi connectivity index (χ4v) is 0. The fourth-order valence-electron chi connectivity index (χ4n) is 0. The Labute approximate surface area is 487 Å². The lowest BCUT2D eigenvalue weighted by molar-refractivity contribution is 0.276. The Hall–Kier alpha value is -11.5. The van der Waals surface area contributed by atoms with Crippen LogP contribution in [0.3, 0.4) is 0 Å². The number of nitrogens with two attached hydrogens (primary N) is 30.